The number of hydrogen-bond donors (Lipinski definition) is 2. The summed E-state index contributed by atoms with van der Waals surface area (Å²) in [5, 5.41) is 11.9. The van der Waals surface area contributed by atoms with Gasteiger partial charge in [-0.3, -0.25) is 9.59 Å². The summed E-state index contributed by atoms with van der Waals surface area (Å²) in [6.07, 6.45) is 3.51. The van der Waals surface area contributed by atoms with Crippen molar-refractivity contribution >= 4 is 11.8 Å². The summed E-state index contributed by atoms with van der Waals surface area (Å²) in [4.78, 5) is 26.6. The van der Waals surface area contributed by atoms with Crippen LogP contribution in [0.25, 0.3) is 0 Å². The van der Waals surface area contributed by atoms with Crippen LogP contribution in [0.2, 0.25) is 0 Å². The molecule has 1 heterocycles. The van der Waals surface area contributed by atoms with Gasteiger partial charge in [0.25, 0.3) is 5.56 Å². The lowest BCUT2D eigenvalue weighted by Gasteiger charge is -2.23. The van der Waals surface area contributed by atoms with E-state index in [1.165, 1.54) is 10.8 Å². The maximum absolute atomic E-state index is 11.6. The second kappa shape index (κ2) is 4.99. The molecular weight excluding hydrogens is 222 g/mol. The first kappa shape index (κ1) is 13.2. The molecule has 0 fully saturated rings. The average molecular weight is 239 g/mol. The molecule has 0 aliphatic heterocycles. The Hall–Kier alpha value is -1.85. The standard InChI is InChI=1S/C11H17N3O3/c1-4-11(2,10(16)17)7-13-8-9(15)14(3)6-5-12-8/h5-6H,4,7H2,1-3H3,(H,12,13)(H,16,17). The van der Waals surface area contributed by atoms with Crippen LogP contribution in [0, 0.1) is 5.41 Å². The maximum Gasteiger partial charge on any atom is 0.311 e. The molecule has 6 nitrogen and oxygen atoms in total. The molecule has 1 aromatic rings. The monoisotopic (exact) mass is 239 g/mol. The Morgan fingerprint density at radius 2 is 2.29 bits per heavy atom. The number of aryl methyl sites for hydroxylation is 1. The number of hydrogen-bond acceptors (Lipinski definition) is 4. The lowest BCUT2D eigenvalue weighted by Crippen LogP contribution is -2.36. The van der Waals surface area contributed by atoms with Crippen molar-refractivity contribution in [3.8, 4) is 0 Å². The minimum Gasteiger partial charge on any atom is -0.481 e. The third kappa shape index (κ3) is 2.83. The van der Waals surface area contributed by atoms with Gasteiger partial charge in [-0.2, -0.15) is 0 Å². The number of anilines is 1. The lowest BCUT2D eigenvalue weighted by molar-refractivity contribution is -0.147. The fourth-order valence-corrected chi connectivity index (χ4v) is 1.25. The van der Waals surface area contributed by atoms with E-state index in [9.17, 15) is 9.59 Å². The number of aromatic nitrogens is 2. The van der Waals surface area contributed by atoms with Gasteiger partial charge in [-0.15, -0.1) is 0 Å². The molecule has 1 aromatic heterocycles. The third-order valence-electron chi connectivity index (χ3n) is 2.96. The number of carboxylic acid groups (broad SMARTS) is 1. The minimum absolute atomic E-state index is 0.172. The second-order valence-electron chi connectivity index (χ2n) is 4.26. The molecular formula is C11H17N3O3. The first-order valence-electron chi connectivity index (χ1n) is 5.39. The third-order valence-corrected chi connectivity index (χ3v) is 2.96. The smallest absolute Gasteiger partial charge is 0.311 e. The summed E-state index contributed by atoms with van der Waals surface area (Å²) in [6.45, 7) is 3.60. The zero-order chi connectivity index (χ0) is 13.1. The van der Waals surface area contributed by atoms with Gasteiger partial charge in [-0.05, 0) is 13.3 Å². The summed E-state index contributed by atoms with van der Waals surface area (Å²) in [5.74, 6) is -0.712. The lowest BCUT2D eigenvalue weighted by atomic mass is 9.88. The topological polar surface area (TPSA) is 84.2 Å². The van der Waals surface area contributed by atoms with E-state index in [2.05, 4.69) is 10.3 Å². The van der Waals surface area contributed by atoms with Crippen LogP contribution in [0.1, 0.15) is 20.3 Å². The van der Waals surface area contributed by atoms with E-state index in [0.717, 1.165) is 0 Å². The summed E-state index contributed by atoms with van der Waals surface area (Å²) < 4.78 is 1.39. The van der Waals surface area contributed by atoms with Gasteiger partial charge in [0.15, 0.2) is 5.82 Å². The maximum atomic E-state index is 11.6. The molecule has 1 atom stereocenters. The molecule has 0 saturated heterocycles. The van der Waals surface area contributed by atoms with E-state index in [4.69, 9.17) is 5.11 Å². The van der Waals surface area contributed by atoms with E-state index in [1.54, 1.807) is 27.1 Å². The van der Waals surface area contributed by atoms with Gasteiger partial charge in [0.2, 0.25) is 0 Å². The summed E-state index contributed by atoms with van der Waals surface area (Å²) in [6, 6.07) is 0. The highest BCUT2D eigenvalue weighted by atomic mass is 16.4. The largest absolute Gasteiger partial charge is 0.481 e. The number of nitrogens with zero attached hydrogens (tertiary/aromatic N) is 2. The highest BCUT2D eigenvalue weighted by Crippen LogP contribution is 2.21. The van der Waals surface area contributed by atoms with Crippen LogP contribution in [-0.2, 0) is 11.8 Å². The quantitative estimate of drug-likeness (QED) is 0.789. The first-order chi connectivity index (χ1) is 7.90. The van der Waals surface area contributed by atoms with Crippen LogP contribution in [0.15, 0.2) is 17.2 Å². The SMILES string of the molecule is CCC(C)(CNc1nccn(C)c1=O)C(=O)O. The highest BCUT2D eigenvalue weighted by molar-refractivity contribution is 5.74. The van der Waals surface area contributed by atoms with Crippen molar-refractivity contribution in [2.45, 2.75) is 20.3 Å². The van der Waals surface area contributed by atoms with Crippen molar-refractivity contribution in [3.63, 3.8) is 0 Å². The van der Waals surface area contributed by atoms with E-state index in [0.29, 0.717) is 6.42 Å². The zero-order valence-corrected chi connectivity index (χ0v) is 10.2. The van der Waals surface area contributed by atoms with Gasteiger partial charge < -0.3 is 15.0 Å². The molecule has 0 aliphatic rings. The first-order valence-corrected chi connectivity index (χ1v) is 5.39. The van der Waals surface area contributed by atoms with E-state index < -0.39 is 11.4 Å². The van der Waals surface area contributed by atoms with Crippen LogP contribution >= 0.6 is 0 Å². The minimum atomic E-state index is -0.900. The fraction of sp³-hybridized carbons (Fsp3) is 0.545. The number of nitrogens with one attached hydrogen (secondary N) is 1. The zero-order valence-electron chi connectivity index (χ0n) is 10.2. The second-order valence-corrected chi connectivity index (χ2v) is 4.26. The van der Waals surface area contributed by atoms with E-state index >= 15 is 0 Å². The molecule has 0 amide bonds. The molecule has 1 rings (SSSR count). The van der Waals surface area contributed by atoms with Crippen LogP contribution in [0.4, 0.5) is 5.82 Å². The molecule has 0 aliphatic carbocycles. The molecule has 6 heteroatoms. The van der Waals surface area contributed by atoms with Gasteiger partial charge in [0, 0.05) is 26.0 Å². The molecule has 1 unspecified atom stereocenters. The Kier molecular flexibility index (Phi) is 3.88. The van der Waals surface area contributed by atoms with Gasteiger partial charge in [-0.1, -0.05) is 6.92 Å². The summed E-state index contributed by atoms with van der Waals surface area (Å²) in [7, 11) is 1.62. The van der Waals surface area contributed by atoms with Crippen LogP contribution < -0.4 is 10.9 Å². The Bertz CT molecular complexity index is 469. The molecule has 0 saturated carbocycles. The molecule has 0 aromatic carbocycles. The summed E-state index contributed by atoms with van der Waals surface area (Å²) >= 11 is 0. The van der Waals surface area contributed by atoms with Crippen molar-refractivity contribution in [2.24, 2.45) is 12.5 Å². The van der Waals surface area contributed by atoms with Crippen LogP contribution in [0.3, 0.4) is 0 Å². The van der Waals surface area contributed by atoms with Gasteiger partial charge in [0.1, 0.15) is 0 Å². The Labute approximate surface area is 99.3 Å². The Balaban J connectivity index is 2.84. The van der Waals surface area contributed by atoms with Crippen molar-refractivity contribution in [1.29, 1.82) is 0 Å². The average Bonchev–Trinajstić information content (AvgIpc) is 2.30. The molecule has 0 radical (unpaired) electrons. The Morgan fingerprint density at radius 1 is 1.65 bits per heavy atom. The molecule has 17 heavy (non-hydrogen) atoms. The number of carbonyl (C=O) groups is 1. The molecule has 2 N–H and O–H groups in total. The molecule has 0 spiro atoms. The van der Waals surface area contributed by atoms with E-state index in [-0.39, 0.29) is 17.9 Å². The summed E-state index contributed by atoms with van der Waals surface area (Å²) in [5.41, 5.74) is -1.17. The van der Waals surface area contributed by atoms with Crippen LogP contribution in [-0.4, -0.2) is 27.2 Å². The van der Waals surface area contributed by atoms with Crippen molar-refractivity contribution in [2.75, 3.05) is 11.9 Å². The number of rotatable bonds is 5. The van der Waals surface area contributed by atoms with Gasteiger partial charge in [-0.25, -0.2) is 4.98 Å². The fourth-order valence-electron chi connectivity index (χ4n) is 1.25. The molecule has 94 valence electrons. The predicted octanol–water partition coefficient (Wildman–Crippen LogP) is 0.693. The highest BCUT2D eigenvalue weighted by Gasteiger charge is 2.31. The molecule has 0 bridgehead atoms. The Morgan fingerprint density at radius 3 is 2.82 bits per heavy atom. The van der Waals surface area contributed by atoms with Crippen LogP contribution in [0.5, 0.6) is 0 Å². The number of carboxylic acids is 1. The van der Waals surface area contributed by atoms with Gasteiger partial charge >= 0.3 is 5.97 Å². The van der Waals surface area contributed by atoms with E-state index in [1.807, 2.05) is 0 Å². The van der Waals surface area contributed by atoms with Crippen molar-refractivity contribution in [3.05, 3.63) is 22.7 Å². The normalized spacial score (nSPS) is 14.1. The number of aliphatic carboxylic acids is 1. The van der Waals surface area contributed by atoms with Gasteiger partial charge in [0.05, 0.1) is 5.41 Å². The predicted molar refractivity (Wildman–Crippen MR) is 64.0 cm³/mol. The van der Waals surface area contributed by atoms with Crippen molar-refractivity contribution in [1.82, 2.24) is 9.55 Å². The van der Waals surface area contributed by atoms with Crippen molar-refractivity contribution < 1.29 is 9.90 Å².